The van der Waals surface area contributed by atoms with Crippen molar-refractivity contribution in [2.24, 2.45) is 5.92 Å². The van der Waals surface area contributed by atoms with Crippen LogP contribution in [0.1, 0.15) is 19.8 Å². The maximum absolute atomic E-state index is 11.5. The van der Waals surface area contributed by atoms with Crippen molar-refractivity contribution in [3.63, 3.8) is 0 Å². The Balaban J connectivity index is 2.19. The third kappa shape index (κ3) is 4.29. The number of carboxylic acids is 1. The number of nitrogens with zero attached hydrogens (tertiary/aromatic N) is 1. The molecule has 86 valence electrons. The lowest BCUT2D eigenvalue weighted by molar-refractivity contribution is -0.146. The molecule has 0 atom stereocenters. The second-order valence-electron chi connectivity index (χ2n) is 3.95. The normalized spacial score (nSPS) is 17.8. The minimum Gasteiger partial charge on any atom is -0.480 e. The number of carbonyl (C=O) groups excluding carboxylic acids is 1. The summed E-state index contributed by atoms with van der Waals surface area (Å²) in [7, 11) is 0. The summed E-state index contributed by atoms with van der Waals surface area (Å²) in [4.78, 5) is 23.4. The van der Waals surface area contributed by atoms with Crippen LogP contribution in [0.2, 0.25) is 0 Å². The summed E-state index contributed by atoms with van der Waals surface area (Å²) in [5.41, 5.74) is 0. The zero-order chi connectivity index (χ0) is 11.3. The van der Waals surface area contributed by atoms with Gasteiger partial charge in [0, 0.05) is 13.1 Å². The van der Waals surface area contributed by atoms with Gasteiger partial charge in [0.15, 0.2) is 0 Å². The lowest BCUT2D eigenvalue weighted by Gasteiger charge is -2.30. The summed E-state index contributed by atoms with van der Waals surface area (Å²) in [5, 5.41) is 8.32. The lowest BCUT2D eigenvalue weighted by Crippen LogP contribution is -2.40. The Hall–Kier alpha value is -1.10. The van der Waals surface area contributed by atoms with Gasteiger partial charge in [-0.1, -0.05) is 6.92 Å². The van der Waals surface area contributed by atoms with Gasteiger partial charge < -0.3 is 14.7 Å². The van der Waals surface area contributed by atoms with Crippen molar-refractivity contribution < 1.29 is 19.4 Å². The molecule has 0 aromatic heterocycles. The second-order valence-corrected chi connectivity index (χ2v) is 3.95. The van der Waals surface area contributed by atoms with Crippen LogP contribution in [0.15, 0.2) is 0 Å². The van der Waals surface area contributed by atoms with Crippen molar-refractivity contribution in [3.8, 4) is 0 Å². The Morgan fingerprint density at radius 1 is 1.33 bits per heavy atom. The summed E-state index contributed by atoms with van der Waals surface area (Å²) in [6.45, 7) is 3.16. The average molecular weight is 215 g/mol. The van der Waals surface area contributed by atoms with Crippen LogP contribution in [0.3, 0.4) is 0 Å². The first kappa shape index (κ1) is 12.0. The van der Waals surface area contributed by atoms with E-state index in [0.29, 0.717) is 5.92 Å². The molecule has 1 heterocycles. The van der Waals surface area contributed by atoms with Crippen molar-refractivity contribution in [2.75, 3.05) is 26.3 Å². The summed E-state index contributed by atoms with van der Waals surface area (Å²) in [5.74, 6) is -0.479. The smallest absolute Gasteiger partial charge is 0.329 e. The van der Waals surface area contributed by atoms with Crippen LogP contribution in [0.5, 0.6) is 0 Å². The summed E-state index contributed by atoms with van der Waals surface area (Å²) in [6.07, 6.45) is 2.04. The first-order chi connectivity index (χ1) is 7.09. The first-order valence-electron chi connectivity index (χ1n) is 5.17. The minimum absolute atomic E-state index is 0.108. The Kier molecular flexibility index (Phi) is 4.55. The molecule has 0 aliphatic carbocycles. The third-order valence-electron chi connectivity index (χ3n) is 2.59. The van der Waals surface area contributed by atoms with E-state index < -0.39 is 12.6 Å². The molecule has 0 radical (unpaired) electrons. The molecule has 0 spiro atoms. The second kappa shape index (κ2) is 5.70. The molecule has 5 heteroatoms. The molecule has 1 aliphatic heterocycles. The molecule has 1 saturated heterocycles. The molecular weight excluding hydrogens is 198 g/mol. The molecule has 1 rings (SSSR count). The van der Waals surface area contributed by atoms with E-state index in [2.05, 4.69) is 6.92 Å². The van der Waals surface area contributed by atoms with Gasteiger partial charge in [0.05, 0.1) is 0 Å². The van der Waals surface area contributed by atoms with Gasteiger partial charge >= 0.3 is 5.97 Å². The Bertz CT molecular complexity index is 234. The lowest BCUT2D eigenvalue weighted by atomic mass is 9.99. The van der Waals surface area contributed by atoms with Gasteiger partial charge in [-0.2, -0.15) is 0 Å². The van der Waals surface area contributed by atoms with Crippen LogP contribution in [-0.4, -0.2) is 48.2 Å². The maximum Gasteiger partial charge on any atom is 0.329 e. The van der Waals surface area contributed by atoms with E-state index in [-0.39, 0.29) is 12.5 Å². The van der Waals surface area contributed by atoms with E-state index >= 15 is 0 Å². The number of likely N-dealkylation sites (tertiary alicyclic amines) is 1. The molecule has 0 aromatic carbocycles. The first-order valence-corrected chi connectivity index (χ1v) is 5.17. The summed E-state index contributed by atoms with van der Waals surface area (Å²) < 4.78 is 4.75. The highest BCUT2D eigenvalue weighted by molar-refractivity contribution is 5.78. The van der Waals surface area contributed by atoms with E-state index in [4.69, 9.17) is 9.84 Å². The van der Waals surface area contributed by atoms with Crippen LogP contribution in [0.25, 0.3) is 0 Å². The number of hydrogen-bond donors (Lipinski definition) is 1. The molecule has 1 amide bonds. The van der Waals surface area contributed by atoms with Crippen molar-refractivity contribution in [1.29, 1.82) is 0 Å². The van der Waals surface area contributed by atoms with E-state index in [1.165, 1.54) is 0 Å². The Labute approximate surface area is 89.0 Å². The number of amides is 1. The highest BCUT2D eigenvalue weighted by Crippen LogP contribution is 2.15. The van der Waals surface area contributed by atoms with E-state index in [1.54, 1.807) is 4.90 Å². The average Bonchev–Trinajstić information content (AvgIpc) is 2.18. The Morgan fingerprint density at radius 3 is 2.47 bits per heavy atom. The number of ether oxygens (including phenoxy) is 1. The molecular formula is C10H17NO4. The molecule has 0 unspecified atom stereocenters. The number of rotatable bonds is 4. The molecule has 0 aromatic rings. The van der Waals surface area contributed by atoms with E-state index in [0.717, 1.165) is 25.9 Å². The standard InChI is InChI=1S/C10H17NO4/c1-8-2-4-11(5-3-8)9(12)6-15-7-10(13)14/h8H,2-7H2,1H3,(H,13,14). The quantitative estimate of drug-likeness (QED) is 0.734. The number of carboxylic acid groups (broad SMARTS) is 1. The van der Waals surface area contributed by atoms with Crippen LogP contribution in [0, 0.1) is 5.92 Å². The van der Waals surface area contributed by atoms with E-state index in [1.807, 2.05) is 0 Å². The number of piperidine rings is 1. The topological polar surface area (TPSA) is 66.8 Å². The fourth-order valence-electron chi connectivity index (χ4n) is 1.57. The number of aliphatic carboxylic acids is 1. The van der Waals surface area contributed by atoms with Crippen molar-refractivity contribution in [2.45, 2.75) is 19.8 Å². The molecule has 1 aliphatic rings. The van der Waals surface area contributed by atoms with E-state index in [9.17, 15) is 9.59 Å². The predicted molar refractivity (Wildman–Crippen MR) is 53.4 cm³/mol. The largest absolute Gasteiger partial charge is 0.480 e. The molecule has 1 fully saturated rings. The van der Waals surface area contributed by atoms with Crippen LogP contribution >= 0.6 is 0 Å². The molecule has 5 nitrogen and oxygen atoms in total. The molecule has 15 heavy (non-hydrogen) atoms. The number of hydrogen-bond acceptors (Lipinski definition) is 3. The summed E-state index contributed by atoms with van der Waals surface area (Å²) >= 11 is 0. The fraction of sp³-hybridized carbons (Fsp3) is 0.800. The minimum atomic E-state index is -1.05. The maximum atomic E-state index is 11.5. The van der Waals surface area contributed by atoms with Gasteiger partial charge in [0.2, 0.25) is 5.91 Å². The highest BCUT2D eigenvalue weighted by atomic mass is 16.5. The number of carbonyl (C=O) groups is 2. The van der Waals surface area contributed by atoms with Gasteiger partial charge in [-0.15, -0.1) is 0 Å². The van der Waals surface area contributed by atoms with Crippen LogP contribution in [-0.2, 0) is 14.3 Å². The zero-order valence-corrected chi connectivity index (χ0v) is 8.94. The predicted octanol–water partition coefficient (Wildman–Crippen LogP) is 0.346. The molecule has 0 saturated carbocycles. The fourth-order valence-corrected chi connectivity index (χ4v) is 1.57. The third-order valence-corrected chi connectivity index (χ3v) is 2.59. The van der Waals surface area contributed by atoms with Crippen LogP contribution in [0.4, 0.5) is 0 Å². The monoisotopic (exact) mass is 215 g/mol. The Morgan fingerprint density at radius 2 is 1.93 bits per heavy atom. The van der Waals surface area contributed by atoms with Crippen molar-refractivity contribution >= 4 is 11.9 Å². The van der Waals surface area contributed by atoms with Gasteiger partial charge in [0.25, 0.3) is 0 Å². The van der Waals surface area contributed by atoms with Crippen LogP contribution < -0.4 is 0 Å². The van der Waals surface area contributed by atoms with Crippen molar-refractivity contribution in [3.05, 3.63) is 0 Å². The van der Waals surface area contributed by atoms with Crippen molar-refractivity contribution in [1.82, 2.24) is 4.90 Å². The molecule has 0 bridgehead atoms. The van der Waals surface area contributed by atoms with Gasteiger partial charge in [-0.25, -0.2) is 4.79 Å². The summed E-state index contributed by atoms with van der Waals surface area (Å²) in [6, 6.07) is 0. The SMILES string of the molecule is CC1CCN(C(=O)COCC(=O)O)CC1. The molecule has 1 N–H and O–H groups in total. The van der Waals surface area contributed by atoms with Gasteiger partial charge in [-0.05, 0) is 18.8 Å². The zero-order valence-electron chi connectivity index (χ0n) is 8.94. The highest BCUT2D eigenvalue weighted by Gasteiger charge is 2.20. The van der Waals surface area contributed by atoms with Gasteiger partial charge in [-0.3, -0.25) is 4.79 Å². The van der Waals surface area contributed by atoms with Gasteiger partial charge in [0.1, 0.15) is 13.2 Å².